The summed E-state index contributed by atoms with van der Waals surface area (Å²) in [6.07, 6.45) is 0.858. The molecular weight excluding hydrogens is 258 g/mol. The van der Waals surface area contributed by atoms with Crippen LogP contribution >= 0.6 is 0 Å². The molecule has 1 aliphatic heterocycles. The summed E-state index contributed by atoms with van der Waals surface area (Å²) >= 11 is 0. The van der Waals surface area contributed by atoms with Gasteiger partial charge in [-0.2, -0.15) is 0 Å². The van der Waals surface area contributed by atoms with E-state index in [1.807, 2.05) is 6.92 Å². The largest absolute Gasteiger partial charge is 0.493 e. The van der Waals surface area contributed by atoms with Crippen molar-refractivity contribution in [3.8, 4) is 11.5 Å². The van der Waals surface area contributed by atoms with Crippen LogP contribution < -0.4 is 9.47 Å². The van der Waals surface area contributed by atoms with Gasteiger partial charge in [-0.1, -0.05) is 0 Å². The van der Waals surface area contributed by atoms with E-state index < -0.39 is 0 Å². The van der Waals surface area contributed by atoms with Gasteiger partial charge in [0.15, 0.2) is 11.5 Å². The lowest BCUT2D eigenvalue weighted by Crippen LogP contribution is -2.29. The Hall–Kier alpha value is -1.75. The van der Waals surface area contributed by atoms with E-state index in [4.69, 9.17) is 14.6 Å². The van der Waals surface area contributed by atoms with Crippen molar-refractivity contribution in [1.82, 2.24) is 4.90 Å². The molecule has 0 aromatic heterocycles. The smallest absolute Gasteiger partial charge is 0.254 e. The molecular formula is C15H21NO4. The third-order valence-electron chi connectivity index (χ3n) is 3.54. The molecule has 1 amide bonds. The number of ether oxygens (including phenoxy) is 2. The molecule has 1 N–H and O–H groups in total. The highest BCUT2D eigenvalue weighted by Crippen LogP contribution is 2.29. The van der Waals surface area contributed by atoms with E-state index in [2.05, 4.69) is 0 Å². The van der Waals surface area contributed by atoms with Gasteiger partial charge in [0.25, 0.3) is 5.91 Å². The normalized spacial score (nSPS) is 18.1. The summed E-state index contributed by atoms with van der Waals surface area (Å²) in [5.41, 5.74) is 0.587. The zero-order valence-electron chi connectivity index (χ0n) is 12.0. The van der Waals surface area contributed by atoms with E-state index in [-0.39, 0.29) is 18.4 Å². The van der Waals surface area contributed by atoms with E-state index in [9.17, 15) is 4.79 Å². The van der Waals surface area contributed by atoms with Gasteiger partial charge >= 0.3 is 0 Å². The van der Waals surface area contributed by atoms with E-state index in [0.717, 1.165) is 6.42 Å². The molecule has 0 aliphatic carbocycles. The summed E-state index contributed by atoms with van der Waals surface area (Å²) in [4.78, 5) is 14.2. The van der Waals surface area contributed by atoms with Crippen molar-refractivity contribution in [3.63, 3.8) is 0 Å². The second-order valence-electron chi connectivity index (χ2n) is 4.89. The first kappa shape index (κ1) is 14.7. The second-order valence-corrected chi connectivity index (χ2v) is 4.89. The molecule has 1 heterocycles. The van der Waals surface area contributed by atoms with Crippen molar-refractivity contribution in [2.24, 2.45) is 5.92 Å². The minimum Gasteiger partial charge on any atom is -0.493 e. The van der Waals surface area contributed by atoms with Crippen LogP contribution in [0.25, 0.3) is 0 Å². The Bertz CT molecular complexity index is 475. The van der Waals surface area contributed by atoms with Crippen molar-refractivity contribution in [1.29, 1.82) is 0 Å². The van der Waals surface area contributed by atoms with Gasteiger partial charge in [-0.15, -0.1) is 0 Å². The standard InChI is InChI=1S/C15H21NO4/c1-3-20-13-5-4-12(8-14(13)19-2)15(18)16-7-6-11(9-16)10-17/h4-5,8,11,17H,3,6-7,9-10H2,1-2H3. The van der Waals surface area contributed by atoms with Crippen LogP contribution in [0.3, 0.4) is 0 Å². The van der Waals surface area contributed by atoms with E-state index in [0.29, 0.717) is 36.8 Å². The average Bonchev–Trinajstić information content (AvgIpc) is 2.96. The number of benzene rings is 1. The van der Waals surface area contributed by atoms with Crippen molar-refractivity contribution < 1.29 is 19.4 Å². The van der Waals surface area contributed by atoms with Crippen LogP contribution in [0.2, 0.25) is 0 Å². The van der Waals surface area contributed by atoms with Crippen LogP contribution in [-0.2, 0) is 0 Å². The van der Waals surface area contributed by atoms with Crippen molar-refractivity contribution >= 4 is 5.91 Å². The molecule has 1 atom stereocenters. The third-order valence-corrected chi connectivity index (χ3v) is 3.54. The minimum absolute atomic E-state index is 0.0256. The number of amides is 1. The van der Waals surface area contributed by atoms with Crippen LogP contribution in [-0.4, -0.2) is 49.3 Å². The Morgan fingerprint density at radius 3 is 2.85 bits per heavy atom. The lowest BCUT2D eigenvalue weighted by Gasteiger charge is -2.17. The van der Waals surface area contributed by atoms with Gasteiger partial charge in [0.2, 0.25) is 0 Å². The fourth-order valence-electron chi connectivity index (χ4n) is 2.42. The molecule has 0 spiro atoms. The molecule has 1 aromatic rings. The molecule has 1 aliphatic rings. The maximum absolute atomic E-state index is 12.4. The highest BCUT2D eigenvalue weighted by Gasteiger charge is 2.26. The predicted molar refractivity (Wildman–Crippen MR) is 75.3 cm³/mol. The van der Waals surface area contributed by atoms with Crippen molar-refractivity contribution in [2.75, 3.05) is 33.4 Å². The Labute approximate surface area is 119 Å². The SMILES string of the molecule is CCOc1ccc(C(=O)N2CCC(CO)C2)cc1OC. The first-order chi connectivity index (χ1) is 9.69. The summed E-state index contributed by atoms with van der Waals surface area (Å²) in [5, 5.41) is 9.14. The lowest BCUT2D eigenvalue weighted by atomic mass is 10.1. The van der Waals surface area contributed by atoms with Crippen molar-refractivity contribution in [3.05, 3.63) is 23.8 Å². The molecule has 0 bridgehead atoms. The van der Waals surface area contributed by atoms with Crippen LogP contribution in [0.15, 0.2) is 18.2 Å². The molecule has 5 heteroatoms. The van der Waals surface area contributed by atoms with Gasteiger partial charge < -0.3 is 19.5 Å². The quantitative estimate of drug-likeness (QED) is 0.888. The molecule has 0 saturated carbocycles. The van der Waals surface area contributed by atoms with E-state index in [1.54, 1.807) is 30.2 Å². The number of rotatable bonds is 5. The number of carbonyl (C=O) groups excluding carboxylic acids is 1. The second kappa shape index (κ2) is 6.61. The molecule has 110 valence electrons. The van der Waals surface area contributed by atoms with Gasteiger partial charge in [0.1, 0.15) is 0 Å². The summed E-state index contributed by atoms with van der Waals surface area (Å²) < 4.78 is 10.7. The number of likely N-dealkylation sites (tertiary alicyclic amines) is 1. The molecule has 0 radical (unpaired) electrons. The van der Waals surface area contributed by atoms with E-state index >= 15 is 0 Å². The highest BCUT2D eigenvalue weighted by atomic mass is 16.5. The third kappa shape index (κ3) is 3.04. The number of hydrogen-bond donors (Lipinski definition) is 1. The van der Waals surface area contributed by atoms with Crippen LogP contribution in [0.5, 0.6) is 11.5 Å². The monoisotopic (exact) mass is 279 g/mol. The van der Waals surface area contributed by atoms with Gasteiger partial charge in [0.05, 0.1) is 13.7 Å². The van der Waals surface area contributed by atoms with Crippen LogP contribution in [0, 0.1) is 5.92 Å². The number of hydrogen-bond acceptors (Lipinski definition) is 4. The summed E-state index contributed by atoms with van der Waals surface area (Å²) in [6, 6.07) is 5.22. The Balaban J connectivity index is 2.14. The molecule has 5 nitrogen and oxygen atoms in total. The number of carbonyl (C=O) groups is 1. The highest BCUT2D eigenvalue weighted by molar-refractivity contribution is 5.95. The Kier molecular flexibility index (Phi) is 4.84. The van der Waals surface area contributed by atoms with Gasteiger partial charge in [-0.25, -0.2) is 0 Å². The number of aliphatic hydroxyl groups is 1. The fraction of sp³-hybridized carbons (Fsp3) is 0.533. The van der Waals surface area contributed by atoms with Gasteiger partial charge in [-0.3, -0.25) is 4.79 Å². The molecule has 1 aromatic carbocycles. The maximum atomic E-state index is 12.4. The first-order valence-electron chi connectivity index (χ1n) is 6.90. The number of nitrogens with zero attached hydrogens (tertiary/aromatic N) is 1. The van der Waals surface area contributed by atoms with Crippen LogP contribution in [0.1, 0.15) is 23.7 Å². The van der Waals surface area contributed by atoms with Crippen molar-refractivity contribution in [2.45, 2.75) is 13.3 Å². The molecule has 20 heavy (non-hydrogen) atoms. The fourth-order valence-corrected chi connectivity index (χ4v) is 2.42. The van der Waals surface area contributed by atoms with E-state index in [1.165, 1.54) is 0 Å². The predicted octanol–water partition coefficient (Wildman–Crippen LogP) is 1.55. The summed E-state index contributed by atoms with van der Waals surface area (Å²) in [7, 11) is 1.56. The van der Waals surface area contributed by atoms with Gasteiger partial charge in [-0.05, 0) is 31.5 Å². The lowest BCUT2D eigenvalue weighted by molar-refractivity contribution is 0.0781. The maximum Gasteiger partial charge on any atom is 0.254 e. The molecule has 1 fully saturated rings. The molecule has 2 rings (SSSR count). The summed E-state index contributed by atoms with van der Waals surface area (Å²) in [6.45, 7) is 3.90. The van der Waals surface area contributed by atoms with Crippen LogP contribution in [0.4, 0.5) is 0 Å². The molecule has 1 unspecified atom stereocenters. The minimum atomic E-state index is -0.0256. The van der Waals surface area contributed by atoms with Gasteiger partial charge in [0, 0.05) is 31.2 Å². The Morgan fingerprint density at radius 1 is 1.45 bits per heavy atom. The Morgan fingerprint density at radius 2 is 2.25 bits per heavy atom. The number of methoxy groups -OCH3 is 1. The molecule has 1 saturated heterocycles. The zero-order valence-corrected chi connectivity index (χ0v) is 12.0. The summed E-state index contributed by atoms with van der Waals surface area (Å²) in [5.74, 6) is 1.38. The zero-order chi connectivity index (χ0) is 14.5. The first-order valence-corrected chi connectivity index (χ1v) is 6.90. The average molecular weight is 279 g/mol. The topological polar surface area (TPSA) is 59.0 Å². The number of aliphatic hydroxyl groups excluding tert-OH is 1.